The number of hydrogen-bond donors (Lipinski definition) is 1. The fourth-order valence-electron chi connectivity index (χ4n) is 1.78. The van der Waals surface area contributed by atoms with Crippen molar-refractivity contribution in [2.45, 2.75) is 13.5 Å². The Hall–Kier alpha value is -1.72. The van der Waals surface area contributed by atoms with Gasteiger partial charge in [0.2, 0.25) is 0 Å². The Bertz CT molecular complexity index is 668. The van der Waals surface area contributed by atoms with Crippen LogP contribution in [0.4, 0.5) is 0 Å². The Labute approximate surface area is 103 Å². The third-order valence-electron chi connectivity index (χ3n) is 2.62. The zero-order valence-corrected chi connectivity index (χ0v) is 10.2. The lowest BCUT2D eigenvalue weighted by Crippen LogP contribution is -1.99. The van der Waals surface area contributed by atoms with E-state index in [1.807, 2.05) is 18.3 Å². The van der Waals surface area contributed by atoms with E-state index in [1.165, 1.54) is 4.88 Å². The summed E-state index contributed by atoms with van der Waals surface area (Å²) in [5, 5.41) is 4.47. The van der Waals surface area contributed by atoms with Gasteiger partial charge in [0.25, 0.3) is 0 Å². The molecule has 0 aromatic carbocycles. The minimum atomic E-state index is 0.478. The molecule has 0 saturated heterocycles. The zero-order valence-electron chi connectivity index (χ0n) is 9.42. The Morgan fingerprint density at radius 2 is 2.24 bits per heavy atom. The highest BCUT2D eigenvalue weighted by molar-refractivity contribution is 7.15. The van der Waals surface area contributed by atoms with Gasteiger partial charge in [-0.3, -0.25) is 0 Å². The number of rotatable bonds is 2. The lowest BCUT2D eigenvalue weighted by Gasteiger charge is -1.96. The summed E-state index contributed by atoms with van der Waals surface area (Å²) in [7, 11) is 0. The van der Waals surface area contributed by atoms with Gasteiger partial charge in [0.05, 0.1) is 4.88 Å². The molecule has 0 unspecified atom stereocenters. The van der Waals surface area contributed by atoms with E-state index in [9.17, 15) is 0 Å². The fraction of sp³-hybridized carbons (Fsp3) is 0.167. The minimum Gasteiger partial charge on any atom is -0.326 e. The number of thiophene rings is 1. The smallest absolute Gasteiger partial charge is 0.192 e. The molecule has 0 aliphatic heterocycles. The van der Waals surface area contributed by atoms with Crippen molar-refractivity contribution in [1.82, 2.24) is 14.6 Å². The summed E-state index contributed by atoms with van der Waals surface area (Å²) < 4.78 is 1.78. The van der Waals surface area contributed by atoms with E-state index >= 15 is 0 Å². The van der Waals surface area contributed by atoms with Gasteiger partial charge in [0.1, 0.15) is 0 Å². The highest BCUT2D eigenvalue weighted by Crippen LogP contribution is 2.25. The van der Waals surface area contributed by atoms with E-state index in [2.05, 4.69) is 29.1 Å². The molecule has 0 saturated carbocycles. The first kappa shape index (κ1) is 10.4. The van der Waals surface area contributed by atoms with Crippen molar-refractivity contribution in [3.05, 3.63) is 40.9 Å². The first-order chi connectivity index (χ1) is 8.28. The maximum absolute atomic E-state index is 5.69. The highest BCUT2D eigenvalue weighted by Gasteiger charge is 2.10. The van der Waals surface area contributed by atoms with Crippen molar-refractivity contribution in [3.63, 3.8) is 0 Å². The first-order valence-corrected chi connectivity index (χ1v) is 6.21. The standard InChI is InChI=1S/C12H12N4S/c1-8-4-5-10(17-8)11-14-12-9(7-13)3-2-6-16(12)15-11/h2-6H,7,13H2,1H3. The Kier molecular flexibility index (Phi) is 2.42. The van der Waals surface area contributed by atoms with E-state index in [1.54, 1.807) is 15.9 Å². The molecule has 3 aromatic heterocycles. The SMILES string of the molecule is Cc1ccc(-c2nc3c(CN)cccn3n2)s1. The van der Waals surface area contributed by atoms with Crippen LogP contribution in [0.5, 0.6) is 0 Å². The third-order valence-corrected chi connectivity index (χ3v) is 3.62. The van der Waals surface area contributed by atoms with Crippen LogP contribution in [0.25, 0.3) is 16.3 Å². The van der Waals surface area contributed by atoms with E-state index in [0.717, 1.165) is 21.9 Å². The molecule has 0 spiro atoms. The van der Waals surface area contributed by atoms with Gasteiger partial charge < -0.3 is 5.73 Å². The van der Waals surface area contributed by atoms with Crippen molar-refractivity contribution < 1.29 is 0 Å². The van der Waals surface area contributed by atoms with Crippen LogP contribution in [0.3, 0.4) is 0 Å². The molecular weight excluding hydrogens is 232 g/mol. The zero-order chi connectivity index (χ0) is 11.8. The molecule has 17 heavy (non-hydrogen) atoms. The summed E-state index contributed by atoms with van der Waals surface area (Å²) in [6.45, 7) is 2.56. The Morgan fingerprint density at radius 1 is 1.35 bits per heavy atom. The number of nitrogens with zero attached hydrogens (tertiary/aromatic N) is 3. The predicted molar refractivity (Wildman–Crippen MR) is 68.9 cm³/mol. The largest absolute Gasteiger partial charge is 0.326 e. The van der Waals surface area contributed by atoms with Crippen LogP contribution in [0, 0.1) is 6.92 Å². The van der Waals surface area contributed by atoms with Gasteiger partial charge in [-0.25, -0.2) is 9.50 Å². The molecule has 0 aliphatic rings. The Morgan fingerprint density at radius 3 is 2.94 bits per heavy atom. The fourth-order valence-corrected chi connectivity index (χ4v) is 2.58. The molecule has 0 fully saturated rings. The summed E-state index contributed by atoms with van der Waals surface area (Å²) >= 11 is 1.70. The molecule has 0 amide bonds. The van der Waals surface area contributed by atoms with Gasteiger partial charge >= 0.3 is 0 Å². The van der Waals surface area contributed by atoms with Crippen LogP contribution in [0.2, 0.25) is 0 Å². The second-order valence-electron chi connectivity index (χ2n) is 3.85. The number of aromatic nitrogens is 3. The quantitative estimate of drug-likeness (QED) is 0.752. The minimum absolute atomic E-state index is 0.478. The van der Waals surface area contributed by atoms with Crippen molar-refractivity contribution in [1.29, 1.82) is 0 Å². The molecular formula is C12H12N4S. The lowest BCUT2D eigenvalue weighted by molar-refractivity contribution is 0.945. The van der Waals surface area contributed by atoms with E-state index < -0.39 is 0 Å². The molecule has 2 N–H and O–H groups in total. The van der Waals surface area contributed by atoms with Crippen molar-refractivity contribution in [2.24, 2.45) is 5.73 Å². The molecule has 86 valence electrons. The summed E-state index contributed by atoms with van der Waals surface area (Å²) in [5.41, 5.74) is 7.55. The number of hydrogen-bond acceptors (Lipinski definition) is 4. The molecule has 0 atom stereocenters. The van der Waals surface area contributed by atoms with Crippen LogP contribution in [-0.2, 0) is 6.54 Å². The average Bonchev–Trinajstić information content (AvgIpc) is 2.93. The molecule has 4 nitrogen and oxygen atoms in total. The summed E-state index contributed by atoms with van der Waals surface area (Å²) in [5.74, 6) is 0.768. The van der Waals surface area contributed by atoms with Gasteiger partial charge in [-0.05, 0) is 25.1 Å². The average molecular weight is 244 g/mol. The second-order valence-corrected chi connectivity index (χ2v) is 5.14. The predicted octanol–water partition coefficient (Wildman–Crippen LogP) is 2.22. The topological polar surface area (TPSA) is 56.2 Å². The number of fused-ring (bicyclic) bond motifs is 1. The molecule has 5 heteroatoms. The number of pyridine rings is 1. The molecule has 3 rings (SSSR count). The molecule has 3 aromatic rings. The van der Waals surface area contributed by atoms with E-state index in [0.29, 0.717) is 6.54 Å². The van der Waals surface area contributed by atoms with Gasteiger partial charge in [-0.1, -0.05) is 6.07 Å². The van der Waals surface area contributed by atoms with Gasteiger partial charge in [-0.2, -0.15) is 0 Å². The van der Waals surface area contributed by atoms with Crippen LogP contribution in [-0.4, -0.2) is 14.6 Å². The lowest BCUT2D eigenvalue weighted by atomic mass is 10.3. The maximum atomic E-state index is 5.69. The number of aryl methyl sites for hydroxylation is 1. The van der Waals surface area contributed by atoms with Crippen molar-refractivity contribution in [2.75, 3.05) is 0 Å². The third kappa shape index (κ3) is 1.73. The van der Waals surface area contributed by atoms with Crippen LogP contribution in [0.15, 0.2) is 30.5 Å². The molecule has 0 aliphatic carbocycles. The Balaban J connectivity index is 2.19. The van der Waals surface area contributed by atoms with Crippen molar-refractivity contribution >= 4 is 17.0 Å². The second kappa shape index (κ2) is 3.94. The van der Waals surface area contributed by atoms with Crippen LogP contribution >= 0.6 is 11.3 Å². The normalized spacial score (nSPS) is 11.2. The van der Waals surface area contributed by atoms with E-state index in [-0.39, 0.29) is 0 Å². The first-order valence-electron chi connectivity index (χ1n) is 5.39. The molecule has 0 radical (unpaired) electrons. The summed E-state index contributed by atoms with van der Waals surface area (Å²) in [6.07, 6.45) is 1.89. The van der Waals surface area contributed by atoms with Gasteiger partial charge in [0, 0.05) is 23.2 Å². The highest BCUT2D eigenvalue weighted by atomic mass is 32.1. The maximum Gasteiger partial charge on any atom is 0.192 e. The summed E-state index contributed by atoms with van der Waals surface area (Å²) in [4.78, 5) is 6.90. The van der Waals surface area contributed by atoms with E-state index in [4.69, 9.17) is 5.73 Å². The molecule has 3 heterocycles. The van der Waals surface area contributed by atoms with Crippen molar-refractivity contribution in [3.8, 4) is 10.7 Å². The van der Waals surface area contributed by atoms with Crippen LogP contribution < -0.4 is 5.73 Å². The van der Waals surface area contributed by atoms with Gasteiger partial charge in [-0.15, -0.1) is 16.4 Å². The molecule has 0 bridgehead atoms. The van der Waals surface area contributed by atoms with Crippen LogP contribution in [0.1, 0.15) is 10.4 Å². The monoisotopic (exact) mass is 244 g/mol. The number of nitrogens with two attached hydrogens (primary N) is 1. The van der Waals surface area contributed by atoms with Gasteiger partial charge in [0.15, 0.2) is 11.5 Å². The summed E-state index contributed by atoms with van der Waals surface area (Å²) in [6, 6.07) is 8.05.